The van der Waals surface area contributed by atoms with Crippen LogP contribution >= 0.6 is 7.82 Å². The lowest BCUT2D eigenvalue weighted by molar-refractivity contribution is -0.141. The van der Waals surface area contributed by atoms with Gasteiger partial charge in [-0.15, -0.1) is 0 Å². The Morgan fingerprint density at radius 3 is 2.10 bits per heavy atom. The van der Waals surface area contributed by atoms with Gasteiger partial charge in [0.25, 0.3) is 0 Å². The summed E-state index contributed by atoms with van der Waals surface area (Å²) in [5.74, 6) is -0.663. The minimum atomic E-state index is -4.64. The van der Waals surface area contributed by atoms with Gasteiger partial charge in [0.2, 0.25) is 0 Å². The van der Waals surface area contributed by atoms with Crippen molar-refractivity contribution >= 4 is 13.8 Å². The maximum absolute atomic E-state index is 11.4. The highest BCUT2D eigenvalue weighted by atomic mass is 31.2. The summed E-state index contributed by atoms with van der Waals surface area (Å²) < 4.78 is 19.3. The van der Waals surface area contributed by atoms with Crippen LogP contribution < -0.4 is 0 Å². The first-order chi connectivity index (χ1) is 13.8. The number of unbranched alkanes of at least 4 members (excludes halogenated alkanes) is 9. The number of rotatable bonds is 18. The minimum Gasteiger partial charge on any atom is -0.460 e. The molecule has 0 fully saturated rings. The fraction of sp³-hybridized carbons (Fsp3) is 0.667. The van der Waals surface area contributed by atoms with E-state index in [-0.39, 0.29) is 0 Å². The molecule has 0 saturated carbocycles. The van der Waals surface area contributed by atoms with Crippen LogP contribution in [0, 0.1) is 0 Å². The van der Waals surface area contributed by atoms with E-state index in [1.54, 1.807) is 6.08 Å². The molecule has 0 aromatic rings. The molecule has 0 radical (unpaired) electrons. The van der Waals surface area contributed by atoms with Gasteiger partial charge in [0.15, 0.2) is 0 Å². The Balaban J connectivity index is 3.63. The second-order valence-corrected chi connectivity index (χ2v) is 8.10. The summed E-state index contributed by atoms with van der Waals surface area (Å²) in [5, 5.41) is 9.37. The number of carbonyl (C=O) groups excluding carboxylic acids is 1. The van der Waals surface area contributed by atoms with Crippen molar-refractivity contribution in [1.82, 2.24) is 0 Å². The second-order valence-electron chi connectivity index (χ2n) is 6.86. The van der Waals surface area contributed by atoms with Gasteiger partial charge >= 0.3 is 13.8 Å². The molecule has 168 valence electrons. The Labute approximate surface area is 174 Å². The SMILES string of the molecule is CCCCCCCCCCCC=CC=CC=CC(=O)OCC(O)COP(=O)(O)O. The third kappa shape index (κ3) is 22.9. The van der Waals surface area contributed by atoms with Crippen LogP contribution in [-0.4, -0.2) is 40.2 Å². The predicted molar refractivity (Wildman–Crippen MR) is 114 cm³/mol. The van der Waals surface area contributed by atoms with Crippen LogP contribution in [0.4, 0.5) is 0 Å². The molecule has 0 bridgehead atoms. The van der Waals surface area contributed by atoms with Gasteiger partial charge in [-0.05, 0) is 12.8 Å². The maximum Gasteiger partial charge on any atom is 0.469 e. The number of phosphoric ester groups is 1. The van der Waals surface area contributed by atoms with E-state index in [1.165, 1.54) is 69.9 Å². The van der Waals surface area contributed by atoms with E-state index in [0.717, 1.165) is 6.42 Å². The van der Waals surface area contributed by atoms with Crippen molar-refractivity contribution < 1.29 is 33.5 Å². The maximum atomic E-state index is 11.4. The van der Waals surface area contributed by atoms with Gasteiger partial charge in [-0.2, -0.15) is 0 Å². The molecule has 0 heterocycles. The Morgan fingerprint density at radius 1 is 0.897 bits per heavy atom. The molecule has 0 amide bonds. The molecule has 0 aromatic carbocycles. The number of hydrogen-bond donors (Lipinski definition) is 3. The van der Waals surface area contributed by atoms with Gasteiger partial charge in [-0.25, -0.2) is 9.36 Å². The molecule has 0 aliphatic rings. The summed E-state index contributed by atoms with van der Waals surface area (Å²) >= 11 is 0. The van der Waals surface area contributed by atoms with E-state index < -0.39 is 33.1 Å². The lowest BCUT2D eigenvalue weighted by Gasteiger charge is -2.11. The van der Waals surface area contributed by atoms with Gasteiger partial charge in [0.1, 0.15) is 12.7 Å². The Kier molecular flexibility index (Phi) is 18.0. The zero-order chi connectivity index (χ0) is 21.8. The van der Waals surface area contributed by atoms with Crippen molar-refractivity contribution in [3.63, 3.8) is 0 Å². The van der Waals surface area contributed by atoms with Gasteiger partial charge in [-0.3, -0.25) is 4.52 Å². The minimum absolute atomic E-state index is 0.411. The smallest absolute Gasteiger partial charge is 0.460 e. The van der Waals surface area contributed by atoms with E-state index in [2.05, 4.69) is 17.5 Å². The largest absolute Gasteiger partial charge is 0.469 e. The van der Waals surface area contributed by atoms with Crippen LogP contribution in [0.1, 0.15) is 71.1 Å². The van der Waals surface area contributed by atoms with Crippen molar-refractivity contribution in [2.24, 2.45) is 0 Å². The average Bonchev–Trinajstić information content (AvgIpc) is 2.67. The van der Waals surface area contributed by atoms with E-state index in [0.29, 0.717) is 0 Å². The number of allylic oxidation sites excluding steroid dienone is 5. The number of phosphoric acid groups is 1. The third-order valence-electron chi connectivity index (χ3n) is 4.03. The molecule has 0 spiro atoms. The first-order valence-corrected chi connectivity index (χ1v) is 11.9. The first-order valence-electron chi connectivity index (χ1n) is 10.4. The zero-order valence-corrected chi connectivity index (χ0v) is 18.3. The van der Waals surface area contributed by atoms with Gasteiger partial charge < -0.3 is 19.6 Å². The van der Waals surface area contributed by atoms with Crippen molar-refractivity contribution in [2.45, 2.75) is 77.2 Å². The van der Waals surface area contributed by atoms with Gasteiger partial charge in [-0.1, -0.05) is 88.7 Å². The van der Waals surface area contributed by atoms with Crippen LogP contribution in [0.2, 0.25) is 0 Å². The monoisotopic (exact) mass is 432 g/mol. The lowest BCUT2D eigenvalue weighted by Crippen LogP contribution is -2.22. The van der Waals surface area contributed by atoms with E-state index in [4.69, 9.17) is 14.5 Å². The summed E-state index contributed by atoms with van der Waals surface area (Å²) in [6, 6.07) is 0. The Hall–Kier alpha value is -1.24. The fourth-order valence-corrected chi connectivity index (χ4v) is 2.83. The predicted octanol–water partition coefficient (Wildman–Crippen LogP) is 4.59. The molecule has 0 aromatic heterocycles. The van der Waals surface area contributed by atoms with E-state index in [9.17, 15) is 14.5 Å². The number of esters is 1. The van der Waals surface area contributed by atoms with Crippen LogP contribution in [0.5, 0.6) is 0 Å². The molecule has 0 rings (SSSR count). The summed E-state index contributed by atoms with van der Waals surface area (Å²) in [4.78, 5) is 28.4. The topological polar surface area (TPSA) is 113 Å². The molecule has 7 nitrogen and oxygen atoms in total. The molecule has 1 atom stereocenters. The molecule has 8 heteroatoms. The van der Waals surface area contributed by atoms with E-state index >= 15 is 0 Å². The van der Waals surface area contributed by atoms with Crippen LogP contribution in [0.25, 0.3) is 0 Å². The second kappa shape index (κ2) is 18.8. The molecular weight excluding hydrogens is 395 g/mol. The average molecular weight is 432 g/mol. The number of aliphatic hydroxyl groups excluding tert-OH is 1. The first kappa shape index (κ1) is 27.8. The zero-order valence-electron chi connectivity index (χ0n) is 17.4. The summed E-state index contributed by atoms with van der Waals surface area (Å²) in [6.07, 6.45) is 21.8. The van der Waals surface area contributed by atoms with Crippen molar-refractivity contribution in [2.75, 3.05) is 13.2 Å². The van der Waals surface area contributed by atoms with Crippen LogP contribution in [0.3, 0.4) is 0 Å². The van der Waals surface area contributed by atoms with Crippen molar-refractivity contribution in [3.8, 4) is 0 Å². The molecule has 3 N–H and O–H groups in total. The molecule has 0 saturated heterocycles. The Morgan fingerprint density at radius 2 is 1.48 bits per heavy atom. The highest BCUT2D eigenvalue weighted by Gasteiger charge is 2.17. The van der Waals surface area contributed by atoms with Gasteiger partial charge in [0.05, 0.1) is 6.61 Å². The summed E-state index contributed by atoms with van der Waals surface area (Å²) in [6.45, 7) is 1.20. The van der Waals surface area contributed by atoms with Crippen LogP contribution in [0.15, 0.2) is 36.5 Å². The molecular formula is C21H37O7P. The van der Waals surface area contributed by atoms with Crippen molar-refractivity contribution in [3.05, 3.63) is 36.5 Å². The quantitative estimate of drug-likeness (QED) is 0.0954. The lowest BCUT2D eigenvalue weighted by atomic mass is 10.1. The number of carbonyl (C=O) groups is 1. The van der Waals surface area contributed by atoms with Crippen molar-refractivity contribution in [1.29, 1.82) is 0 Å². The number of aliphatic hydroxyl groups is 1. The third-order valence-corrected chi connectivity index (χ3v) is 4.51. The standard InChI is InChI=1S/C21H37O7P/c1-2-3-4-5-6-7-8-9-10-11-12-13-14-15-16-17-21(23)27-18-20(22)19-28-29(24,25)26/h12-17,20,22H,2-11,18-19H2,1H3,(H2,24,25,26). The van der Waals surface area contributed by atoms with Crippen LogP contribution in [-0.2, 0) is 18.6 Å². The summed E-state index contributed by atoms with van der Waals surface area (Å²) in [7, 11) is -4.64. The molecule has 29 heavy (non-hydrogen) atoms. The van der Waals surface area contributed by atoms with Gasteiger partial charge in [0, 0.05) is 6.08 Å². The Bertz CT molecular complexity index is 537. The fourth-order valence-electron chi connectivity index (χ4n) is 2.47. The highest BCUT2D eigenvalue weighted by molar-refractivity contribution is 7.46. The molecule has 0 aliphatic heterocycles. The molecule has 0 aliphatic carbocycles. The highest BCUT2D eigenvalue weighted by Crippen LogP contribution is 2.35. The van der Waals surface area contributed by atoms with E-state index in [1.807, 2.05) is 12.2 Å². The normalized spacial score (nSPS) is 13.7. The molecule has 1 unspecified atom stereocenters. The number of hydrogen-bond acceptors (Lipinski definition) is 5. The summed E-state index contributed by atoms with van der Waals surface area (Å²) in [5.41, 5.74) is 0. The number of ether oxygens (including phenoxy) is 1.